The molecule has 1 heterocycles. The van der Waals surface area contributed by atoms with Crippen molar-refractivity contribution in [2.45, 2.75) is 49.3 Å². The van der Waals surface area contributed by atoms with E-state index in [1.54, 1.807) is 14.1 Å². The molecule has 0 aromatic heterocycles. The van der Waals surface area contributed by atoms with Crippen LogP contribution in [0, 0.1) is 0 Å². The van der Waals surface area contributed by atoms with Crippen LogP contribution in [0.1, 0.15) is 11.1 Å². The molecule has 4 N–H and O–H groups in total. The molecule has 33 heavy (non-hydrogen) atoms. The molecule has 1 fully saturated rings. The number of benzene rings is 2. The average molecular weight is 483 g/mol. The highest BCUT2D eigenvalue weighted by Gasteiger charge is 2.52. The summed E-state index contributed by atoms with van der Waals surface area (Å²) in [5.41, 5.74) is 2.11. The molecule has 0 radical (unpaired) electrons. The van der Waals surface area contributed by atoms with E-state index in [0.29, 0.717) is 0 Å². The van der Waals surface area contributed by atoms with Gasteiger partial charge >= 0.3 is 0 Å². The predicted octanol–water partition coefficient (Wildman–Crippen LogP) is 0.515. The first-order valence-electron chi connectivity index (χ1n) is 10.4. The van der Waals surface area contributed by atoms with E-state index in [0.717, 1.165) is 11.1 Å². The summed E-state index contributed by atoms with van der Waals surface area (Å²) in [5.74, 6) is 0. The molecule has 2 aromatic rings. The Kier molecular flexibility index (Phi) is 8.93. The zero-order valence-electron chi connectivity index (χ0n) is 18.4. The Morgan fingerprint density at radius 2 is 1.45 bits per heavy atom. The van der Waals surface area contributed by atoms with E-state index < -0.39 is 46.2 Å². The number of ether oxygens (including phenoxy) is 3. The quantitative estimate of drug-likeness (QED) is 0.280. The van der Waals surface area contributed by atoms with Crippen molar-refractivity contribution in [3.05, 3.63) is 71.8 Å². The van der Waals surface area contributed by atoms with Gasteiger partial charge in [0.15, 0.2) is 0 Å². The molecule has 0 bridgehead atoms. The Morgan fingerprint density at radius 3 is 1.91 bits per heavy atom. The molecule has 0 saturated carbocycles. The molecule has 1 aliphatic heterocycles. The van der Waals surface area contributed by atoms with Crippen molar-refractivity contribution in [1.29, 1.82) is 0 Å². The van der Waals surface area contributed by atoms with Crippen LogP contribution in [-0.4, -0.2) is 78.4 Å². The molecule has 0 spiro atoms. The van der Waals surface area contributed by atoms with Crippen LogP contribution in [-0.2, 0) is 37.5 Å². The molecule has 6 atom stereocenters. The molecule has 0 aliphatic carbocycles. The minimum Gasteiger partial charge on any atom is -0.386 e. The van der Waals surface area contributed by atoms with Crippen LogP contribution in [0.4, 0.5) is 0 Å². The van der Waals surface area contributed by atoms with Crippen molar-refractivity contribution in [1.82, 2.24) is 10.4 Å². The van der Waals surface area contributed by atoms with Crippen molar-refractivity contribution in [2.24, 2.45) is 0 Å². The first-order chi connectivity index (χ1) is 15.7. The second kappa shape index (κ2) is 11.5. The maximum atomic E-state index is 11.8. The number of hydrogen-bond acceptors (Lipinski definition) is 9. The van der Waals surface area contributed by atoms with E-state index in [2.05, 4.69) is 5.43 Å². The van der Waals surface area contributed by atoms with Crippen LogP contribution in [0.2, 0.25) is 0 Å². The Bertz CT molecular complexity index is 961. The standard InChI is InChI=1S/C22H30N2O8S/c1-24(2)23-21-17(25)18(30-13-15-9-5-3-6-10-15)19(20(32-21)22(26)33(27,28)29)31-14-16-11-7-4-8-12-16/h3-12,17-23,25-26H,13-14H2,1-2H3,(H,27,28,29)/t17-,18+,19+,20-,21+,22+/m1/s1. The lowest BCUT2D eigenvalue weighted by atomic mass is 9.97. The molecule has 10 nitrogen and oxygen atoms in total. The molecule has 1 saturated heterocycles. The van der Waals surface area contributed by atoms with Crippen LogP contribution >= 0.6 is 0 Å². The number of aliphatic hydroxyl groups is 2. The molecule has 182 valence electrons. The molecular formula is C22H30N2O8S. The number of hydrazine groups is 1. The van der Waals surface area contributed by atoms with Crippen molar-refractivity contribution < 1.29 is 37.4 Å². The summed E-state index contributed by atoms with van der Waals surface area (Å²) >= 11 is 0. The monoisotopic (exact) mass is 482 g/mol. The predicted molar refractivity (Wildman–Crippen MR) is 119 cm³/mol. The average Bonchev–Trinajstić information content (AvgIpc) is 2.78. The molecule has 2 aromatic carbocycles. The Morgan fingerprint density at radius 1 is 0.970 bits per heavy atom. The second-order valence-corrected chi connectivity index (χ2v) is 9.48. The van der Waals surface area contributed by atoms with Gasteiger partial charge in [-0.3, -0.25) is 4.55 Å². The fourth-order valence-electron chi connectivity index (χ4n) is 3.56. The fourth-order valence-corrected chi connectivity index (χ4v) is 4.12. The first-order valence-corrected chi connectivity index (χ1v) is 11.9. The topological polar surface area (TPSA) is 138 Å². The zero-order valence-corrected chi connectivity index (χ0v) is 19.2. The Labute approximate surface area is 193 Å². The highest BCUT2D eigenvalue weighted by molar-refractivity contribution is 7.86. The molecule has 11 heteroatoms. The maximum Gasteiger partial charge on any atom is 0.294 e. The minimum atomic E-state index is -4.91. The summed E-state index contributed by atoms with van der Waals surface area (Å²) < 4.78 is 50.7. The number of rotatable bonds is 10. The van der Waals surface area contributed by atoms with Gasteiger partial charge < -0.3 is 24.4 Å². The van der Waals surface area contributed by atoms with Crippen molar-refractivity contribution in [3.8, 4) is 0 Å². The van der Waals surface area contributed by atoms with Crippen LogP contribution in [0.3, 0.4) is 0 Å². The van der Waals surface area contributed by atoms with Gasteiger partial charge in [0.05, 0.1) is 13.2 Å². The third-order valence-corrected chi connectivity index (χ3v) is 6.02. The summed E-state index contributed by atoms with van der Waals surface area (Å²) in [7, 11) is -1.60. The Balaban J connectivity index is 1.91. The summed E-state index contributed by atoms with van der Waals surface area (Å²) in [6.07, 6.45) is -6.30. The van der Waals surface area contributed by atoms with Gasteiger partial charge in [-0.25, -0.2) is 10.4 Å². The van der Waals surface area contributed by atoms with Crippen LogP contribution < -0.4 is 5.43 Å². The van der Waals surface area contributed by atoms with Gasteiger partial charge in [0.1, 0.15) is 30.6 Å². The van der Waals surface area contributed by atoms with Gasteiger partial charge in [0, 0.05) is 14.1 Å². The normalized spacial score (nSPS) is 26.9. The van der Waals surface area contributed by atoms with Crippen molar-refractivity contribution in [3.63, 3.8) is 0 Å². The highest BCUT2D eigenvalue weighted by atomic mass is 32.2. The van der Waals surface area contributed by atoms with E-state index in [-0.39, 0.29) is 13.2 Å². The van der Waals surface area contributed by atoms with Crippen LogP contribution in [0.15, 0.2) is 60.7 Å². The van der Waals surface area contributed by atoms with Gasteiger partial charge in [-0.1, -0.05) is 60.7 Å². The third kappa shape index (κ3) is 7.03. The van der Waals surface area contributed by atoms with Crippen LogP contribution in [0.5, 0.6) is 0 Å². The van der Waals surface area contributed by atoms with Gasteiger partial charge in [-0.15, -0.1) is 0 Å². The molecule has 0 amide bonds. The Hall–Kier alpha value is -1.93. The summed E-state index contributed by atoms with van der Waals surface area (Å²) in [6.45, 7) is 0.129. The van der Waals surface area contributed by atoms with E-state index in [1.807, 2.05) is 60.7 Å². The largest absolute Gasteiger partial charge is 0.386 e. The van der Waals surface area contributed by atoms with E-state index >= 15 is 0 Å². The van der Waals surface area contributed by atoms with Gasteiger partial charge in [-0.05, 0) is 11.1 Å². The number of nitrogens with zero attached hydrogens (tertiary/aromatic N) is 1. The third-order valence-electron chi connectivity index (χ3n) is 5.14. The number of nitrogens with one attached hydrogen (secondary N) is 1. The van der Waals surface area contributed by atoms with Crippen LogP contribution in [0.25, 0.3) is 0 Å². The molecule has 0 unspecified atom stereocenters. The lowest BCUT2D eigenvalue weighted by Crippen LogP contribution is -2.67. The fraction of sp³-hybridized carbons (Fsp3) is 0.455. The number of aliphatic hydroxyl groups excluding tert-OH is 2. The lowest BCUT2D eigenvalue weighted by molar-refractivity contribution is -0.275. The van der Waals surface area contributed by atoms with Gasteiger partial charge in [-0.2, -0.15) is 8.42 Å². The smallest absolute Gasteiger partial charge is 0.294 e. The summed E-state index contributed by atoms with van der Waals surface area (Å²) in [4.78, 5) is 0. The van der Waals surface area contributed by atoms with E-state index in [4.69, 9.17) is 14.2 Å². The van der Waals surface area contributed by atoms with E-state index in [1.165, 1.54) is 5.01 Å². The SMILES string of the molecule is CN(C)N[C@H]1O[C@@H]([C@@H](O)S(=O)(=O)O)[C@@H](OCc2ccccc2)[C@@H](OCc2ccccc2)[C@H]1O. The zero-order chi connectivity index (χ0) is 24.0. The number of hydrogen-bond donors (Lipinski definition) is 4. The van der Waals surface area contributed by atoms with E-state index in [9.17, 15) is 23.2 Å². The van der Waals surface area contributed by atoms with Gasteiger partial charge in [0.2, 0.25) is 5.44 Å². The highest BCUT2D eigenvalue weighted by Crippen LogP contribution is 2.30. The second-order valence-electron chi connectivity index (χ2n) is 7.96. The summed E-state index contributed by atoms with van der Waals surface area (Å²) in [6, 6.07) is 18.3. The molecular weight excluding hydrogens is 452 g/mol. The summed E-state index contributed by atoms with van der Waals surface area (Å²) in [5, 5.41) is 22.9. The molecule has 3 rings (SSSR count). The maximum absolute atomic E-state index is 11.8. The molecule has 1 aliphatic rings. The first kappa shape index (κ1) is 25.7. The van der Waals surface area contributed by atoms with Gasteiger partial charge in [0.25, 0.3) is 10.1 Å². The van der Waals surface area contributed by atoms with Crippen molar-refractivity contribution >= 4 is 10.1 Å². The lowest BCUT2D eigenvalue weighted by Gasteiger charge is -2.46. The minimum absolute atomic E-state index is 0.0350. The van der Waals surface area contributed by atoms with Crippen molar-refractivity contribution in [2.75, 3.05) is 14.1 Å².